The molecular formula is C15H20O6. The number of carbonyl (C=O) groups excluding carboxylic acids is 2. The second kappa shape index (κ2) is 3.13. The van der Waals surface area contributed by atoms with Crippen molar-refractivity contribution in [2.75, 3.05) is 6.61 Å². The quantitative estimate of drug-likeness (QED) is 0.618. The van der Waals surface area contributed by atoms with E-state index in [9.17, 15) is 19.8 Å². The van der Waals surface area contributed by atoms with Crippen molar-refractivity contribution in [1.29, 1.82) is 0 Å². The van der Waals surface area contributed by atoms with E-state index in [2.05, 4.69) is 0 Å². The van der Waals surface area contributed by atoms with Crippen LogP contribution in [0.5, 0.6) is 0 Å². The summed E-state index contributed by atoms with van der Waals surface area (Å²) < 4.78 is 10.7. The Bertz CT molecular complexity index is 589. The molecule has 21 heavy (non-hydrogen) atoms. The summed E-state index contributed by atoms with van der Waals surface area (Å²) in [6.45, 7) is 5.24. The molecule has 0 bridgehead atoms. The van der Waals surface area contributed by atoms with Crippen molar-refractivity contribution >= 4 is 11.9 Å². The van der Waals surface area contributed by atoms with Gasteiger partial charge in [0.05, 0.1) is 23.5 Å². The van der Waals surface area contributed by atoms with Crippen LogP contribution in [-0.4, -0.2) is 46.1 Å². The molecule has 0 radical (unpaired) electrons. The Hall–Kier alpha value is -1.14. The van der Waals surface area contributed by atoms with Gasteiger partial charge < -0.3 is 19.7 Å². The third-order valence-electron chi connectivity index (χ3n) is 7.40. The lowest BCUT2D eigenvalue weighted by Crippen LogP contribution is -2.58. The fraction of sp³-hybridized carbons (Fsp3) is 0.867. The molecule has 116 valence electrons. The van der Waals surface area contributed by atoms with Crippen LogP contribution in [0.15, 0.2) is 0 Å². The highest BCUT2D eigenvalue weighted by molar-refractivity contribution is 5.84. The largest absolute Gasteiger partial charge is 0.464 e. The first-order valence-corrected chi connectivity index (χ1v) is 7.39. The molecule has 0 amide bonds. The molecule has 2 saturated carbocycles. The number of fused-ring (bicyclic) bond motifs is 2. The van der Waals surface area contributed by atoms with Gasteiger partial charge in [0.2, 0.25) is 0 Å². The van der Waals surface area contributed by atoms with E-state index in [4.69, 9.17) is 9.47 Å². The summed E-state index contributed by atoms with van der Waals surface area (Å²) in [5.41, 5.74) is -5.59. The predicted molar refractivity (Wildman–Crippen MR) is 68.9 cm³/mol. The molecule has 4 aliphatic rings. The van der Waals surface area contributed by atoms with Gasteiger partial charge in [-0.05, 0) is 26.7 Å². The average Bonchev–Trinajstić information content (AvgIpc) is 2.94. The first kappa shape index (κ1) is 13.5. The number of esters is 2. The lowest BCUT2D eigenvalue weighted by Gasteiger charge is -2.45. The van der Waals surface area contributed by atoms with Crippen LogP contribution in [0.2, 0.25) is 0 Å². The van der Waals surface area contributed by atoms with Gasteiger partial charge in [-0.2, -0.15) is 0 Å². The van der Waals surface area contributed by atoms with Gasteiger partial charge in [-0.3, -0.25) is 9.59 Å². The number of ether oxygens (including phenoxy) is 2. The monoisotopic (exact) mass is 296 g/mol. The van der Waals surface area contributed by atoms with Crippen LogP contribution >= 0.6 is 0 Å². The second-order valence-corrected chi connectivity index (χ2v) is 7.73. The molecule has 0 aromatic carbocycles. The summed E-state index contributed by atoms with van der Waals surface area (Å²) in [7, 11) is 0. The molecule has 0 aromatic rings. The van der Waals surface area contributed by atoms with E-state index in [1.54, 1.807) is 20.8 Å². The maximum Gasteiger partial charge on any atom is 0.315 e. The Kier molecular flexibility index (Phi) is 2.01. The lowest BCUT2D eigenvalue weighted by atomic mass is 9.61. The number of aliphatic hydroxyl groups excluding tert-OH is 1. The molecule has 0 unspecified atom stereocenters. The number of aliphatic hydroxyl groups is 2. The predicted octanol–water partition coefficient (Wildman–Crippen LogP) is 0.147. The maximum absolute atomic E-state index is 12.3. The minimum absolute atomic E-state index is 0.0559. The van der Waals surface area contributed by atoms with Crippen molar-refractivity contribution in [3.63, 3.8) is 0 Å². The molecule has 2 aliphatic heterocycles. The van der Waals surface area contributed by atoms with E-state index >= 15 is 0 Å². The van der Waals surface area contributed by atoms with Gasteiger partial charge in [-0.25, -0.2) is 0 Å². The molecule has 2 aliphatic carbocycles. The Balaban J connectivity index is 2.03. The number of hydrogen-bond acceptors (Lipinski definition) is 6. The van der Waals surface area contributed by atoms with E-state index in [-0.39, 0.29) is 13.0 Å². The maximum atomic E-state index is 12.3. The van der Waals surface area contributed by atoms with E-state index in [0.717, 1.165) is 0 Å². The number of hydrogen-bond donors (Lipinski definition) is 2. The van der Waals surface area contributed by atoms with E-state index in [0.29, 0.717) is 12.8 Å². The first-order chi connectivity index (χ1) is 9.59. The first-order valence-electron chi connectivity index (χ1n) is 7.39. The number of cyclic esters (lactones) is 1. The normalized spacial score (nSPS) is 61.3. The van der Waals surface area contributed by atoms with Crippen molar-refractivity contribution in [3.8, 4) is 0 Å². The van der Waals surface area contributed by atoms with Gasteiger partial charge in [0.1, 0.15) is 17.6 Å². The van der Waals surface area contributed by atoms with Gasteiger partial charge in [0.15, 0.2) is 0 Å². The van der Waals surface area contributed by atoms with E-state index < -0.39 is 45.5 Å². The second-order valence-electron chi connectivity index (χ2n) is 7.73. The Morgan fingerprint density at radius 3 is 2.52 bits per heavy atom. The van der Waals surface area contributed by atoms with Gasteiger partial charge in [-0.15, -0.1) is 0 Å². The molecule has 2 saturated heterocycles. The molecule has 4 fully saturated rings. The molecule has 6 atom stereocenters. The smallest absolute Gasteiger partial charge is 0.315 e. The summed E-state index contributed by atoms with van der Waals surface area (Å²) >= 11 is 0. The van der Waals surface area contributed by atoms with Gasteiger partial charge in [0.25, 0.3) is 0 Å². The summed E-state index contributed by atoms with van der Waals surface area (Å²) in [4.78, 5) is 24.3. The summed E-state index contributed by atoms with van der Waals surface area (Å²) in [5, 5.41) is 22.6. The van der Waals surface area contributed by atoms with Crippen molar-refractivity contribution in [1.82, 2.24) is 0 Å². The van der Waals surface area contributed by atoms with Crippen LogP contribution in [0.25, 0.3) is 0 Å². The Morgan fingerprint density at radius 1 is 1.19 bits per heavy atom. The summed E-state index contributed by atoms with van der Waals surface area (Å²) in [6, 6.07) is 0. The van der Waals surface area contributed by atoms with Gasteiger partial charge in [-0.1, -0.05) is 6.92 Å². The minimum atomic E-state index is -1.36. The topological polar surface area (TPSA) is 93.1 Å². The molecule has 4 rings (SSSR count). The standard InChI is InChI=1S/C15H20O6/c1-11-7-20-10(18)13(11,3)9(17)14-6-8(16)21-12(14,2)4-5-15(11,14)19/h9,17,19H,4-7H2,1-3H3/t9-,11+,12+,13+,14-,15+/m1/s1. The molecule has 1 spiro atoms. The zero-order valence-corrected chi connectivity index (χ0v) is 12.4. The number of carbonyl (C=O) groups is 2. The highest BCUT2D eigenvalue weighted by Gasteiger charge is 2.91. The van der Waals surface area contributed by atoms with E-state index in [1.807, 2.05) is 0 Å². The van der Waals surface area contributed by atoms with E-state index in [1.165, 1.54) is 0 Å². The molecule has 2 heterocycles. The number of rotatable bonds is 0. The summed E-state index contributed by atoms with van der Waals surface area (Å²) in [5.74, 6) is -0.924. The third kappa shape index (κ3) is 0.932. The fourth-order valence-corrected chi connectivity index (χ4v) is 5.86. The third-order valence-corrected chi connectivity index (χ3v) is 7.40. The molecule has 6 nitrogen and oxygen atoms in total. The SMILES string of the molecule is C[C@]12COC(=O)[C@]1(C)[C@@H](O)[C@]13CC(=O)O[C@@]1(C)CC[C@]23O. The minimum Gasteiger partial charge on any atom is -0.464 e. The Morgan fingerprint density at radius 2 is 1.86 bits per heavy atom. The summed E-state index contributed by atoms with van der Waals surface area (Å²) in [6.07, 6.45) is -0.364. The highest BCUT2D eigenvalue weighted by atomic mass is 16.6. The fourth-order valence-electron chi connectivity index (χ4n) is 5.86. The molecule has 2 N–H and O–H groups in total. The molecule has 0 aromatic heterocycles. The molecule has 6 heteroatoms. The van der Waals surface area contributed by atoms with Crippen molar-refractivity contribution in [3.05, 3.63) is 0 Å². The zero-order valence-electron chi connectivity index (χ0n) is 12.4. The van der Waals surface area contributed by atoms with Crippen LogP contribution in [-0.2, 0) is 19.1 Å². The zero-order chi connectivity index (χ0) is 15.5. The van der Waals surface area contributed by atoms with Gasteiger partial charge >= 0.3 is 11.9 Å². The van der Waals surface area contributed by atoms with Crippen LogP contribution in [0, 0.1) is 16.2 Å². The van der Waals surface area contributed by atoms with Crippen LogP contribution < -0.4 is 0 Å². The van der Waals surface area contributed by atoms with Crippen molar-refractivity contribution in [2.24, 2.45) is 16.2 Å². The Labute approximate surface area is 122 Å². The van der Waals surface area contributed by atoms with Crippen LogP contribution in [0.4, 0.5) is 0 Å². The average molecular weight is 296 g/mol. The van der Waals surface area contributed by atoms with Crippen LogP contribution in [0.1, 0.15) is 40.0 Å². The lowest BCUT2D eigenvalue weighted by molar-refractivity contribution is -0.174. The van der Waals surface area contributed by atoms with Crippen molar-refractivity contribution in [2.45, 2.75) is 57.3 Å². The highest BCUT2D eigenvalue weighted by Crippen LogP contribution is 2.78. The van der Waals surface area contributed by atoms with Crippen LogP contribution in [0.3, 0.4) is 0 Å². The molecular weight excluding hydrogens is 276 g/mol. The van der Waals surface area contributed by atoms with Gasteiger partial charge in [0, 0.05) is 5.41 Å². The van der Waals surface area contributed by atoms with Crippen molar-refractivity contribution < 1.29 is 29.3 Å².